The summed E-state index contributed by atoms with van der Waals surface area (Å²) in [4.78, 5) is 28.3. The highest BCUT2D eigenvalue weighted by molar-refractivity contribution is 6.00. The van der Waals surface area contributed by atoms with E-state index < -0.39 is 5.97 Å². The number of hydrogen-bond donors (Lipinski definition) is 2. The molecule has 2 N–H and O–H groups in total. The molecule has 0 saturated carbocycles. The van der Waals surface area contributed by atoms with Gasteiger partial charge in [0.1, 0.15) is 5.82 Å². The molecule has 0 atom stereocenters. The number of carbonyl (C=O) groups excluding carboxylic acids is 1. The van der Waals surface area contributed by atoms with Crippen molar-refractivity contribution in [3.05, 3.63) is 48.0 Å². The summed E-state index contributed by atoms with van der Waals surface area (Å²) in [6.07, 6.45) is 4.28. The van der Waals surface area contributed by atoms with Gasteiger partial charge >= 0.3 is 5.97 Å². The Kier molecular flexibility index (Phi) is 4.14. The molecular weight excluding hydrogens is 299 g/mol. The predicted octanol–water partition coefficient (Wildman–Crippen LogP) is 2.76. The van der Waals surface area contributed by atoms with Crippen LogP contribution in [0.4, 0.5) is 4.39 Å². The summed E-state index contributed by atoms with van der Waals surface area (Å²) in [6, 6.07) is 5.97. The summed E-state index contributed by atoms with van der Waals surface area (Å²) in [5, 5.41) is 9.02. The molecule has 1 aliphatic rings. The first-order valence-electron chi connectivity index (χ1n) is 7.51. The molecule has 0 aliphatic carbocycles. The number of aromatic nitrogens is 1. The van der Waals surface area contributed by atoms with E-state index in [0.717, 1.165) is 11.1 Å². The largest absolute Gasteiger partial charge is 0.481 e. The zero-order valence-corrected chi connectivity index (χ0v) is 12.5. The number of hydrogen-bond acceptors (Lipinski definition) is 2. The summed E-state index contributed by atoms with van der Waals surface area (Å²) in [5.41, 5.74) is 2.00. The van der Waals surface area contributed by atoms with Crippen molar-refractivity contribution in [2.24, 2.45) is 5.92 Å². The van der Waals surface area contributed by atoms with Crippen LogP contribution in [0.5, 0.6) is 0 Å². The Hall–Kier alpha value is -2.63. The van der Waals surface area contributed by atoms with Gasteiger partial charge in [0.25, 0.3) is 5.91 Å². The zero-order valence-electron chi connectivity index (χ0n) is 12.5. The minimum absolute atomic E-state index is 0.130. The summed E-state index contributed by atoms with van der Waals surface area (Å²) in [7, 11) is 0. The van der Waals surface area contributed by atoms with E-state index in [-0.39, 0.29) is 17.6 Å². The molecule has 1 aliphatic heterocycles. The molecule has 1 amide bonds. The maximum atomic E-state index is 13.0. The Morgan fingerprint density at radius 1 is 1.13 bits per heavy atom. The van der Waals surface area contributed by atoms with Gasteiger partial charge in [-0.05, 0) is 30.5 Å². The van der Waals surface area contributed by atoms with Gasteiger partial charge in [-0.15, -0.1) is 0 Å². The molecule has 1 saturated heterocycles. The molecule has 2 aromatic rings. The van der Waals surface area contributed by atoms with E-state index in [1.807, 2.05) is 0 Å². The molecule has 6 heteroatoms. The Morgan fingerprint density at radius 3 is 2.39 bits per heavy atom. The molecule has 2 heterocycles. The summed E-state index contributed by atoms with van der Waals surface area (Å²) >= 11 is 0. The summed E-state index contributed by atoms with van der Waals surface area (Å²) in [6.45, 7) is 0.869. The average molecular weight is 316 g/mol. The number of carboxylic acid groups (broad SMARTS) is 1. The van der Waals surface area contributed by atoms with Gasteiger partial charge in [0.15, 0.2) is 0 Å². The number of piperidine rings is 1. The highest BCUT2D eigenvalue weighted by Crippen LogP contribution is 2.26. The second-order valence-corrected chi connectivity index (χ2v) is 5.69. The van der Waals surface area contributed by atoms with Crippen molar-refractivity contribution in [3.63, 3.8) is 0 Å². The fourth-order valence-electron chi connectivity index (χ4n) is 2.91. The number of halogens is 1. The number of carboxylic acids is 1. The first-order valence-corrected chi connectivity index (χ1v) is 7.51. The molecule has 0 spiro atoms. The molecule has 23 heavy (non-hydrogen) atoms. The van der Waals surface area contributed by atoms with Crippen LogP contribution in [0.1, 0.15) is 23.2 Å². The van der Waals surface area contributed by atoms with Crippen LogP contribution in [0.25, 0.3) is 11.1 Å². The molecule has 5 nitrogen and oxygen atoms in total. The minimum atomic E-state index is -0.800. The van der Waals surface area contributed by atoms with Gasteiger partial charge in [-0.1, -0.05) is 12.1 Å². The molecule has 0 radical (unpaired) electrons. The van der Waals surface area contributed by atoms with Gasteiger partial charge < -0.3 is 15.0 Å². The molecule has 0 bridgehead atoms. The highest BCUT2D eigenvalue weighted by atomic mass is 19.1. The van der Waals surface area contributed by atoms with E-state index in [9.17, 15) is 14.0 Å². The highest BCUT2D eigenvalue weighted by Gasteiger charge is 2.28. The van der Waals surface area contributed by atoms with E-state index in [1.54, 1.807) is 29.4 Å². The number of nitrogens with zero attached hydrogens (tertiary/aromatic N) is 1. The second kappa shape index (κ2) is 6.24. The van der Waals surface area contributed by atoms with Crippen LogP contribution in [0.2, 0.25) is 0 Å². The van der Waals surface area contributed by atoms with Gasteiger partial charge in [0, 0.05) is 31.0 Å². The molecule has 1 aromatic heterocycles. The van der Waals surface area contributed by atoms with Gasteiger partial charge in [-0.3, -0.25) is 9.59 Å². The number of amides is 1. The molecule has 0 unspecified atom stereocenters. The van der Waals surface area contributed by atoms with Crippen LogP contribution in [-0.4, -0.2) is 40.0 Å². The minimum Gasteiger partial charge on any atom is -0.481 e. The van der Waals surface area contributed by atoms with Crippen molar-refractivity contribution in [1.82, 2.24) is 9.88 Å². The van der Waals surface area contributed by atoms with Crippen molar-refractivity contribution in [2.75, 3.05) is 13.1 Å². The topological polar surface area (TPSA) is 73.4 Å². The van der Waals surface area contributed by atoms with Gasteiger partial charge in [0.2, 0.25) is 0 Å². The fourth-order valence-corrected chi connectivity index (χ4v) is 2.91. The standard InChI is InChI=1S/C17H17FN2O3/c18-13-3-1-11(2-4-13)14-9-19-10-15(14)16(21)20-7-5-12(6-8-20)17(22)23/h1-4,9-10,12,19H,5-8H2,(H,22,23). The van der Waals surface area contributed by atoms with Crippen LogP contribution >= 0.6 is 0 Å². The number of H-pyrrole nitrogens is 1. The number of aromatic amines is 1. The second-order valence-electron chi connectivity index (χ2n) is 5.69. The Labute approximate surface area is 132 Å². The lowest BCUT2D eigenvalue weighted by molar-refractivity contribution is -0.143. The van der Waals surface area contributed by atoms with Gasteiger partial charge in [-0.2, -0.15) is 0 Å². The molecule has 120 valence electrons. The molecule has 3 rings (SSSR count). The van der Waals surface area contributed by atoms with Crippen molar-refractivity contribution in [2.45, 2.75) is 12.8 Å². The first-order chi connectivity index (χ1) is 11.1. The van der Waals surface area contributed by atoms with Crippen molar-refractivity contribution in [3.8, 4) is 11.1 Å². The fraction of sp³-hybridized carbons (Fsp3) is 0.294. The predicted molar refractivity (Wildman–Crippen MR) is 82.5 cm³/mol. The average Bonchev–Trinajstić information content (AvgIpc) is 3.04. The van der Waals surface area contributed by atoms with Crippen molar-refractivity contribution in [1.29, 1.82) is 0 Å². The van der Waals surface area contributed by atoms with Gasteiger partial charge in [-0.25, -0.2) is 4.39 Å². The Bertz CT molecular complexity index is 716. The third-order valence-corrected chi connectivity index (χ3v) is 4.26. The van der Waals surface area contributed by atoms with E-state index in [4.69, 9.17) is 5.11 Å². The quantitative estimate of drug-likeness (QED) is 0.914. The van der Waals surface area contributed by atoms with Crippen LogP contribution in [0.15, 0.2) is 36.7 Å². The van der Waals surface area contributed by atoms with E-state index in [0.29, 0.717) is 31.5 Å². The lowest BCUT2D eigenvalue weighted by Crippen LogP contribution is -2.40. The smallest absolute Gasteiger partial charge is 0.306 e. The number of benzene rings is 1. The molecule has 1 aromatic carbocycles. The Morgan fingerprint density at radius 2 is 1.78 bits per heavy atom. The van der Waals surface area contributed by atoms with E-state index in [2.05, 4.69) is 4.98 Å². The summed E-state index contributed by atoms with van der Waals surface area (Å²) in [5.74, 6) is -1.63. The van der Waals surface area contributed by atoms with Crippen molar-refractivity contribution >= 4 is 11.9 Å². The SMILES string of the molecule is O=C(O)C1CCN(C(=O)c2c[nH]cc2-c2ccc(F)cc2)CC1. The van der Waals surface area contributed by atoms with Crippen LogP contribution in [0.3, 0.4) is 0 Å². The first kappa shape index (κ1) is 15.3. The van der Waals surface area contributed by atoms with Crippen molar-refractivity contribution < 1.29 is 19.1 Å². The monoisotopic (exact) mass is 316 g/mol. The third-order valence-electron chi connectivity index (χ3n) is 4.26. The van der Waals surface area contributed by atoms with Crippen LogP contribution in [0, 0.1) is 11.7 Å². The van der Waals surface area contributed by atoms with Crippen LogP contribution in [-0.2, 0) is 4.79 Å². The maximum absolute atomic E-state index is 13.0. The van der Waals surface area contributed by atoms with Gasteiger partial charge in [0.05, 0.1) is 11.5 Å². The van der Waals surface area contributed by atoms with E-state index >= 15 is 0 Å². The lowest BCUT2D eigenvalue weighted by Gasteiger charge is -2.30. The summed E-state index contributed by atoms with van der Waals surface area (Å²) < 4.78 is 13.0. The number of carbonyl (C=O) groups is 2. The number of nitrogens with one attached hydrogen (secondary N) is 1. The van der Waals surface area contributed by atoms with Crippen LogP contribution < -0.4 is 0 Å². The Balaban J connectivity index is 1.78. The number of aliphatic carboxylic acids is 1. The molecular formula is C17H17FN2O3. The maximum Gasteiger partial charge on any atom is 0.306 e. The normalized spacial score (nSPS) is 15.6. The molecule has 1 fully saturated rings. The third kappa shape index (κ3) is 3.11. The lowest BCUT2D eigenvalue weighted by atomic mass is 9.96. The zero-order chi connectivity index (χ0) is 16.4. The number of rotatable bonds is 3. The van der Waals surface area contributed by atoms with E-state index in [1.165, 1.54) is 12.1 Å². The number of likely N-dealkylation sites (tertiary alicyclic amines) is 1.